The van der Waals surface area contributed by atoms with Crippen molar-refractivity contribution in [1.82, 2.24) is 20.2 Å². The highest BCUT2D eigenvalue weighted by Crippen LogP contribution is 2.45. The molecule has 0 saturated carbocycles. The van der Waals surface area contributed by atoms with E-state index in [0.29, 0.717) is 5.82 Å². The minimum atomic E-state index is -0.665. The van der Waals surface area contributed by atoms with Crippen LogP contribution in [0.3, 0.4) is 0 Å². The molecule has 3 aromatic rings. The SMILES string of the molecule is Cc1cc(-c2cc3c(cn2)C(C)(C)C(=O)N3c2ccc(C)nn2)ccn1. The molecule has 4 heterocycles. The summed E-state index contributed by atoms with van der Waals surface area (Å²) in [5.41, 5.74) is 4.51. The molecule has 0 saturated heterocycles. The Bertz CT molecular complexity index is 1010. The van der Waals surface area contributed by atoms with Crippen LogP contribution in [0.2, 0.25) is 0 Å². The van der Waals surface area contributed by atoms with Crippen LogP contribution in [0.15, 0.2) is 42.7 Å². The minimum absolute atomic E-state index is 0.0319. The predicted octanol–water partition coefficient (Wildman–Crippen LogP) is 3.51. The average molecular weight is 345 g/mol. The van der Waals surface area contributed by atoms with Gasteiger partial charge in [0.2, 0.25) is 5.91 Å². The van der Waals surface area contributed by atoms with Gasteiger partial charge in [-0.15, -0.1) is 5.10 Å². The van der Waals surface area contributed by atoms with Gasteiger partial charge in [-0.25, -0.2) is 0 Å². The van der Waals surface area contributed by atoms with Gasteiger partial charge >= 0.3 is 0 Å². The fourth-order valence-corrected chi connectivity index (χ4v) is 3.22. The second-order valence-electron chi connectivity index (χ2n) is 7.07. The molecule has 0 aliphatic carbocycles. The Morgan fingerprint density at radius 1 is 0.962 bits per heavy atom. The summed E-state index contributed by atoms with van der Waals surface area (Å²) >= 11 is 0. The molecule has 6 nitrogen and oxygen atoms in total. The maximum Gasteiger partial charge on any atom is 0.243 e. The monoisotopic (exact) mass is 345 g/mol. The van der Waals surface area contributed by atoms with E-state index in [0.717, 1.165) is 33.9 Å². The van der Waals surface area contributed by atoms with Gasteiger partial charge in [-0.05, 0) is 58.0 Å². The third kappa shape index (κ3) is 2.45. The number of pyridine rings is 2. The Morgan fingerprint density at radius 3 is 2.46 bits per heavy atom. The van der Waals surface area contributed by atoms with Crippen LogP contribution in [0.25, 0.3) is 11.3 Å². The topological polar surface area (TPSA) is 71.9 Å². The van der Waals surface area contributed by atoms with E-state index >= 15 is 0 Å². The Labute approximate surface area is 151 Å². The molecule has 0 bridgehead atoms. The molecule has 4 rings (SSSR count). The molecule has 0 N–H and O–H groups in total. The van der Waals surface area contributed by atoms with Gasteiger partial charge in [0.1, 0.15) is 0 Å². The molecule has 0 atom stereocenters. The van der Waals surface area contributed by atoms with Crippen LogP contribution in [0.4, 0.5) is 11.5 Å². The highest BCUT2D eigenvalue weighted by Gasteiger charge is 2.45. The number of hydrogen-bond acceptors (Lipinski definition) is 5. The van der Waals surface area contributed by atoms with Crippen molar-refractivity contribution in [2.75, 3.05) is 4.90 Å². The van der Waals surface area contributed by atoms with E-state index in [1.54, 1.807) is 17.3 Å². The molecule has 26 heavy (non-hydrogen) atoms. The van der Waals surface area contributed by atoms with Gasteiger partial charge in [0.05, 0.1) is 22.5 Å². The maximum atomic E-state index is 13.1. The zero-order valence-electron chi connectivity index (χ0n) is 15.2. The van der Waals surface area contributed by atoms with Crippen molar-refractivity contribution < 1.29 is 4.79 Å². The van der Waals surface area contributed by atoms with Crippen LogP contribution in [-0.4, -0.2) is 26.1 Å². The van der Waals surface area contributed by atoms with Crippen molar-refractivity contribution >= 4 is 17.4 Å². The van der Waals surface area contributed by atoms with Crippen molar-refractivity contribution in [2.24, 2.45) is 0 Å². The van der Waals surface area contributed by atoms with E-state index in [9.17, 15) is 4.79 Å². The van der Waals surface area contributed by atoms with Crippen LogP contribution >= 0.6 is 0 Å². The zero-order chi connectivity index (χ0) is 18.5. The second-order valence-corrected chi connectivity index (χ2v) is 7.07. The van der Waals surface area contributed by atoms with Crippen molar-refractivity contribution in [3.63, 3.8) is 0 Å². The molecule has 0 fully saturated rings. The quantitative estimate of drug-likeness (QED) is 0.711. The fourth-order valence-electron chi connectivity index (χ4n) is 3.22. The largest absolute Gasteiger partial charge is 0.273 e. The van der Waals surface area contributed by atoms with Crippen molar-refractivity contribution in [2.45, 2.75) is 33.1 Å². The number of carbonyl (C=O) groups is 1. The van der Waals surface area contributed by atoms with Crippen LogP contribution in [0.5, 0.6) is 0 Å². The summed E-state index contributed by atoms with van der Waals surface area (Å²) in [6.07, 6.45) is 3.55. The molecule has 0 unspecified atom stereocenters. The molecule has 130 valence electrons. The van der Waals surface area contributed by atoms with Crippen molar-refractivity contribution in [3.05, 3.63) is 59.7 Å². The summed E-state index contributed by atoms with van der Waals surface area (Å²) in [5, 5.41) is 8.32. The summed E-state index contributed by atoms with van der Waals surface area (Å²) in [4.78, 5) is 23.6. The lowest BCUT2D eigenvalue weighted by Gasteiger charge is -2.19. The molecule has 3 aromatic heterocycles. The van der Waals surface area contributed by atoms with Gasteiger partial charge in [0.15, 0.2) is 5.82 Å². The lowest BCUT2D eigenvalue weighted by atomic mass is 9.87. The molecule has 1 aliphatic rings. The van der Waals surface area contributed by atoms with E-state index in [1.807, 2.05) is 58.0 Å². The standard InChI is InChI=1S/C20H19N5O/c1-12-5-6-18(24-23-12)25-17-10-16(14-7-8-21-13(2)9-14)22-11-15(17)20(3,4)19(25)26/h5-11H,1-4H3. The number of aromatic nitrogens is 4. The Balaban J connectivity index is 1.89. The average Bonchev–Trinajstić information content (AvgIpc) is 2.82. The smallest absolute Gasteiger partial charge is 0.243 e. The summed E-state index contributed by atoms with van der Waals surface area (Å²) in [7, 11) is 0. The fraction of sp³-hybridized carbons (Fsp3) is 0.250. The van der Waals surface area contributed by atoms with E-state index in [2.05, 4.69) is 20.2 Å². The number of aryl methyl sites for hydroxylation is 2. The van der Waals surface area contributed by atoms with Gasteiger partial charge in [0, 0.05) is 29.2 Å². The van der Waals surface area contributed by atoms with Crippen molar-refractivity contribution in [1.29, 1.82) is 0 Å². The zero-order valence-corrected chi connectivity index (χ0v) is 15.2. The Kier molecular flexibility index (Phi) is 3.57. The van der Waals surface area contributed by atoms with Crippen LogP contribution in [0.1, 0.15) is 30.8 Å². The number of anilines is 2. The predicted molar refractivity (Wildman–Crippen MR) is 99.1 cm³/mol. The second kappa shape index (κ2) is 5.69. The molecular formula is C20H19N5O. The number of nitrogens with zero attached hydrogens (tertiary/aromatic N) is 5. The van der Waals surface area contributed by atoms with E-state index in [4.69, 9.17) is 0 Å². The molecule has 0 aromatic carbocycles. The summed E-state index contributed by atoms with van der Waals surface area (Å²) in [5.74, 6) is 0.492. The summed E-state index contributed by atoms with van der Waals surface area (Å²) < 4.78 is 0. The third-order valence-electron chi connectivity index (χ3n) is 4.74. The van der Waals surface area contributed by atoms with E-state index in [-0.39, 0.29) is 5.91 Å². The van der Waals surface area contributed by atoms with Gasteiger partial charge in [-0.2, -0.15) is 5.10 Å². The number of fused-ring (bicyclic) bond motifs is 1. The number of rotatable bonds is 2. The van der Waals surface area contributed by atoms with Crippen LogP contribution in [0, 0.1) is 13.8 Å². The highest BCUT2D eigenvalue weighted by molar-refractivity contribution is 6.12. The van der Waals surface area contributed by atoms with Crippen LogP contribution < -0.4 is 4.90 Å². The van der Waals surface area contributed by atoms with E-state index in [1.165, 1.54) is 0 Å². The summed E-state index contributed by atoms with van der Waals surface area (Å²) in [6, 6.07) is 9.52. The number of hydrogen-bond donors (Lipinski definition) is 0. The Hall–Kier alpha value is -3.15. The highest BCUT2D eigenvalue weighted by atomic mass is 16.2. The van der Waals surface area contributed by atoms with E-state index < -0.39 is 5.41 Å². The molecule has 0 spiro atoms. The molecule has 0 radical (unpaired) electrons. The maximum absolute atomic E-state index is 13.1. The van der Waals surface area contributed by atoms with Gasteiger partial charge in [0.25, 0.3) is 0 Å². The van der Waals surface area contributed by atoms with Gasteiger partial charge in [-0.1, -0.05) is 0 Å². The lowest BCUT2D eigenvalue weighted by Crippen LogP contribution is -2.33. The molecule has 6 heteroatoms. The van der Waals surface area contributed by atoms with Crippen LogP contribution in [-0.2, 0) is 10.2 Å². The number of amides is 1. The first-order chi connectivity index (χ1) is 12.4. The Morgan fingerprint density at radius 2 is 1.77 bits per heavy atom. The van der Waals surface area contributed by atoms with Crippen molar-refractivity contribution in [3.8, 4) is 11.3 Å². The minimum Gasteiger partial charge on any atom is -0.273 e. The number of carbonyl (C=O) groups excluding carboxylic acids is 1. The van der Waals surface area contributed by atoms with Gasteiger partial charge in [-0.3, -0.25) is 19.7 Å². The third-order valence-corrected chi connectivity index (χ3v) is 4.74. The first-order valence-electron chi connectivity index (χ1n) is 8.46. The molecular weight excluding hydrogens is 326 g/mol. The molecule has 1 aliphatic heterocycles. The first kappa shape index (κ1) is 16.3. The summed E-state index contributed by atoms with van der Waals surface area (Å²) in [6.45, 7) is 7.63. The molecule has 1 amide bonds. The van der Waals surface area contributed by atoms with Gasteiger partial charge < -0.3 is 0 Å². The first-order valence-corrected chi connectivity index (χ1v) is 8.46. The lowest BCUT2D eigenvalue weighted by molar-refractivity contribution is -0.121. The normalized spacial score (nSPS) is 15.2.